The van der Waals surface area contributed by atoms with Crippen molar-refractivity contribution in [3.05, 3.63) is 23.8 Å². The lowest BCUT2D eigenvalue weighted by molar-refractivity contribution is 0.00578. The van der Waals surface area contributed by atoms with E-state index in [0.717, 1.165) is 12.1 Å². The zero-order chi connectivity index (χ0) is 15.8. The topological polar surface area (TPSA) is 36.9 Å². The summed E-state index contributed by atoms with van der Waals surface area (Å²) >= 11 is 0. The predicted molar refractivity (Wildman–Crippen MR) is 74.6 cm³/mol. The Balaban J connectivity index is 2.37. The van der Waals surface area contributed by atoms with E-state index in [2.05, 4.69) is 0 Å². The summed E-state index contributed by atoms with van der Waals surface area (Å²) in [6.07, 6.45) is 0. The van der Waals surface area contributed by atoms with Crippen LogP contribution in [0.3, 0.4) is 0 Å². The molecule has 0 amide bonds. The van der Waals surface area contributed by atoms with E-state index >= 15 is 0 Å². The Hall–Kier alpha value is -1.18. The fourth-order valence-electron chi connectivity index (χ4n) is 1.95. The van der Waals surface area contributed by atoms with Crippen LogP contribution in [0.1, 0.15) is 27.7 Å². The monoisotopic (exact) mass is 300 g/mol. The van der Waals surface area contributed by atoms with Crippen LogP contribution in [0.5, 0.6) is 5.75 Å². The lowest BCUT2D eigenvalue weighted by atomic mass is 9.78. The molecule has 0 atom stereocenters. The fourth-order valence-corrected chi connectivity index (χ4v) is 1.95. The van der Waals surface area contributed by atoms with Gasteiger partial charge in [0.2, 0.25) is 0 Å². The minimum Gasteiger partial charge on any atom is -0.468 e. The first-order valence-electron chi connectivity index (χ1n) is 6.64. The Kier molecular flexibility index (Phi) is 4.28. The highest BCUT2D eigenvalue weighted by atomic mass is 19.2. The van der Waals surface area contributed by atoms with Gasteiger partial charge in [-0.05, 0) is 33.8 Å². The van der Waals surface area contributed by atoms with Gasteiger partial charge >= 0.3 is 7.12 Å². The maximum absolute atomic E-state index is 13.5. The van der Waals surface area contributed by atoms with Crippen LogP contribution in [0.2, 0.25) is 0 Å². The highest BCUT2D eigenvalue weighted by Gasteiger charge is 2.52. The average Bonchev–Trinajstić information content (AvgIpc) is 2.59. The van der Waals surface area contributed by atoms with Crippen molar-refractivity contribution in [2.45, 2.75) is 38.9 Å². The molecule has 1 aromatic rings. The van der Waals surface area contributed by atoms with Gasteiger partial charge in [-0.2, -0.15) is 0 Å². The van der Waals surface area contributed by atoms with Crippen molar-refractivity contribution in [2.24, 2.45) is 0 Å². The molecule has 0 unspecified atom stereocenters. The number of hydrogen-bond acceptors (Lipinski definition) is 4. The number of hydrogen-bond donors (Lipinski definition) is 0. The van der Waals surface area contributed by atoms with Crippen molar-refractivity contribution in [3.8, 4) is 5.75 Å². The van der Waals surface area contributed by atoms with Crippen LogP contribution in [0.4, 0.5) is 8.78 Å². The highest BCUT2D eigenvalue weighted by molar-refractivity contribution is 6.63. The normalized spacial score (nSPS) is 19.9. The average molecular weight is 300 g/mol. The van der Waals surface area contributed by atoms with E-state index in [1.54, 1.807) is 0 Å². The Labute approximate surface area is 123 Å². The minimum absolute atomic E-state index is 0.0857. The van der Waals surface area contributed by atoms with Gasteiger partial charge in [0, 0.05) is 18.6 Å². The molecule has 1 aliphatic heterocycles. The van der Waals surface area contributed by atoms with Gasteiger partial charge in [-0.25, -0.2) is 8.78 Å². The molecule has 0 aliphatic carbocycles. The lowest BCUT2D eigenvalue weighted by Crippen LogP contribution is -2.41. The van der Waals surface area contributed by atoms with Gasteiger partial charge in [-0.3, -0.25) is 0 Å². The van der Waals surface area contributed by atoms with Crippen molar-refractivity contribution < 1.29 is 27.6 Å². The van der Waals surface area contributed by atoms with Gasteiger partial charge in [0.1, 0.15) is 5.75 Å². The maximum atomic E-state index is 13.5. The smallest absolute Gasteiger partial charge is 0.468 e. The van der Waals surface area contributed by atoms with Crippen molar-refractivity contribution in [1.29, 1.82) is 0 Å². The molecule has 4 nitrogen and oxygen atoms in total. The van der Waals surface area contributed by atoms with E-state index < -0.39 is 30.0 Å². The second-order valence-electron chi connectivity index (χ2n) is 5.94. The van der Waals surface area contributed by atoms with Crippen LogP contribution in [0.15, 0.2) is 12.1 Å². The molecule has 116 valence electrons. The summed E-state index contributed by atoms with van der Waals surface area (Å²) in [5, 5.41) is 0. The quantitative estimate of drug-likeness (QED) is 0.631. The van der Waals surface area contributed by atoms with E-state index in [9.17, 15) is 8.78 Å². The van der Waals surface area contributed by atoms with Gasteiger partial charge in [0.25, 0.3) is 0 Å². The first-order valence-corrected chi connectivity index (χ1v) is 6.64. The molecular formula is C14H19BF2O4. The zero-order valence-corrected chi connectivity index (χ0v) is 12.8. The Morgan fingerprint density at radius 1 is 1.05 bits per heavy atom. The molecule has 1 heterocycles. The van der Waals surface area contributed by atoms with Gasteiger partial charge < -0.3 is 18.8 Å². The SMILES string of the molecule is COCOc1cc(F)c(F)cc1B1OC(C)(C)C(C)(C)O1. The molecule has 0 spiro atoms. The molecule has 0 bridgehead atoms. The third-order valence-electron chi connectivity index (χ3n) is 3.89. The molecule has 0 radical (unpaired) electrons. The van der Waals surface area contributed by atoms with E-state index in [1.165, 1.54) is 7.11 Å². The predicted octanol–water partition coefficient (Wildman–Crippen LogP) is 2.25. The lowest BCUT2D eigenvalue weighted by Gasteiger charge is -2.32. The Morgan fingerprint density at radius 2 is 1.57 bits per heavy atom. The molecule has 2 rings (SSSR count). The van der Waals surface area contributed by atoms with Gasteiger partial charge in [-0.1, -0.05) is 0 Å². The molecule has 0 aromatic heterocycles. The van der Waals surface area contributed by atoms with Crippen molar-refractivity contribution in [2.75, 3.05) is 13.9 Å². The first kappa shape index (κ1) is 16.2. The first-order chi connectivity index (χ1) is 9.68. The maximum Gasteiger partial charge on any atom is 0.498 e. The molecule has 1 aliphatic rings. The molecular weight excluding hydrogens is 281 g/mol. The molecule has 0 N–H and O–H groups in total. The summed E-state index contributed by atoms with van der Waals surface area (Å²) in [6, 6.07) is 2.00. The summed E-state index contributed by atoms with van der Waals surface area (Å²) in [5.41, 5.74) is -0.869. The summed E-state index contributed by atoms with van der Waals surface area (Å²) in [7, 11) is 0.603. The largest absolute Gasteiger partial charge is 0.498 e. The molecule has 1 fully saturated rings. The third kappa shape index (κ3) is 3.05. The van der Waals surface area contributed by atoms with E-state index in [0.29, 0.717) is 5.46 Å². The van der Waals surface area contributed by atoms with Crippen molar-refractivity contribution >= 4 is 12.6 Å². The summed E-state index contributed by atoms with van der Waals surface area (Å²) in [5.74, 6) is -1.85. The number of halogens is 2. The van der Waals surface area contributed by atoms with Crippen LogP contribution in [0.25, 0.3) is 0 Å². The van der Waals surface area contributed by atoms with E-state index in [4.69, 9.17) is 18.8 Å². The van der Waals surface area contributed by atoms with Crippen molar-refractivity contribution in [3.63, 3.8) is 0 Å². The number of rotatable bonds is 4. The molecule has 21 heavy (non-hydrogen) atoms. The molecule has 1 saturated heterocycles. The second-order valence-corrected chi connectivity index (χ2v) is 5.94. The number of ether oxygens (including phenoxy) is 2. The Morgan fingerprint density at radius 3 is 2.10 bits per heavy atom. The van der Waals surface area contributed by atoms with E-state index in [1.807, 2.05) is 27.7 Å². The van der Waals surface area contributed by atoms with Crippen LogP contribution in [0, 0.1) is 11.6 Å². The summed E-state index contributed by atoms with van der Waals surface area (Å²) in [6.45, 7) is 7.42. The third-order valence-corrected chi connectivity index (χ3v) is 3.89. The highest BCUT2D eigenvalue weighted by Crippen LogP contribution is 2.37. The number of benzene rings is 1. The molecule has 0 saturated carbocycles. The number of methoxy groups -OCH3 is 1. The van der Waals surface area contributed by atoms with Gasteiger partial charge in [-0.15, -0.1) is 0 Å². The van der Waals surface area contributed by atoms with Gasteiger partial charge in [0.05, 0.1) is 11.2 Å². The van der Waals surface area contributed by atoms with Crippen molar-refractivity contribution in [1.82, 2.24) is 0 Å². The second kappa shape index (κ2) is 5.55. The summed E-state index contributed by atoms with van der Waals surface area (Å²) in [4.78, 5) is 0. The van der Waals surface area contributed by atoms with Gasteiger partial charge in [0.15, 0.2) is 18.4 Å². The molecule has 7 heteroatoms. The van der Waals surface area contributed by atoms with Crippen LogP contribution < -0.4 is 10.2 Å². The van der Waals surface area contributed by atoms with Crippen LogP contribution in [-0.4, -0.2) is 32.2 Å². The van der Waals surface area contributed by atoms with Crippen LogP contribution >= 0.6 is 0 Å². The molecule has 1 aromatic carbocycles. The minimum atomic E-state index is -0.999. The summed E-state index contributed by atoms with van der Waals surface area (Å²) < 4.78 is 48.7. The fraction of sp³-hybridized carbons (Fsp3) is 0.571. The zero-order valence-electron chi connectivity index (χ0n) is 12.8. The Bertz CT molecular complexity index is 518. The standard InChI is InChI=1S/C14H19BF2O4/c1-13(2)14(3,4)21-15(20-13)9-6-10(16)11(17)7-12(9)19-8-18-5/h6-7H,8H2,1-5H3. The van der Waals surface area contributed by atoms with Crippen LogP contribution in [-0.2, 0) is 14.0 Å². The van der Waals surface area contributed by atoms with E-state index in [-0.39, 0.29) is 12.5 Å².